The maximum atomic E-state index is 10.8. The summed E-state index contributed by atoms with van der Waals surface area (Å²) in [6.07, 6.45) is 3.98. The normalized spacial score (nSPS) is 24.0. The van der Waals surface area contributed by atoms with Gasteiger partial charge in [-0.3, -0.25) is 9.69 Å². The van der Waals surface area contributed by atoms with E-state index in [9.17, 15) is 4.79 Å². The zero-order valence-corrected chi connectivity index (χ0v) is 11.1. The first-order valence-electron chi connectivity index (χ1n) is 6.46. The van der Waals surface area contributed by atoms with E-state index in [0.29, 0.717) is 0 Å². The molecule has 0 aliphatic carbocycles. The molecular formula is C14H21NO3. The summed E-state index contributed by atoms with van der Waals surface area (Å²) in [7, 11) is 0. The van der Waals surface area contributed by atoms with Crippen molar-refractivity contribution in [3.63, 3.8) is 0 Å². The van der Waals surface area contributed by atoms with Crippen molar-refractivity contribution in [2.24, 2.45) is 5.92 Å². The molecule has 18 heavy (non-hydrogen) atoms. The van der Waals surface area contributed by atoms with Crippen molar-refractivity contribution in [3.05, 3.63) is 24.2 Å². The van der Waals surface area contributed by atoms with Gasteiger partial charge < -0.3 is 9.52 Å². The van der Waals surface area contributed by atoms with Crippen LogP contribution in [0.25, 0.3) is 0 Å². The number of carbonyl (C=O) groups is 1. The Morgan fingerprint density at radius 3 is 3.00 bits per heavy atom. The van der Waals surface area contributed by atoms with E-state index in [1.807, 2.05) is 12.1 Å². The molecular weight excluding hydrogens is 230 g/mol. The van der Waals surface area contributed by atoms with Gasteiger partial charge in [0, 0.05) is 18.5 Å². The third-order valence-electron chi connectivity index (χ3n) is 3.89. The molecule has 0 saturated carbocycles. The maximum absolute atomic E-state index is 10.8. The van der Waals surface area contributed by atoms with Gasteiger partial charge in [-0.2, -0.15) is 0 Å². The highest BCUT2D eigenvalue weighted by molar-refractivity contribution is 5.67. The van der Waals surface area contributed by atoms with Gasteiger partial charge in [0.05, 0.1) is 12.8 Å². The zero-order valence-electron chi connectivity index (χ0n) is 11.1. The molecule has 0 amide bonds. The Labute approximate surface area is 108 Å². The van der Waals surface area contributed by atoms with Crippen LogP contribution in [0.15, 0.2) is 22.8 Å². The molecule has 1 fully saturated rings. The fourth-order valence-electron chi connectivity index (χ4n) is 2.65. The molecule has 4 heteroatoms. The van der Waals surface area contributed by atoms with Crippen LogP contribution in [0.4, 0.5) is 0 Å². The Bertz CT molecular complexity index is 397. The molecule has 100 valence electrons. The number of likely N-dealkylation sites (tertiary alicyclic amines) is 1. The summed E-state index contributed by atoms with van der Waals surface area (Å²) >= 11 is 0. The van der Waals surface area contributed by atoms with Crippen LogP contribution in [0.5, 0.6) is 0 Å². The van der Waals surface area contributed by atoms with Crippen LogP contribution in [-0.2, 0) is 11.3 Å². The summed E-state index contributed by atoms with van der Waals surface area (Å²) in [5.74, 6) is 0.502. The Morgan fingerprint density at radius 1 is 1.61 bits per heavy atom. The summed E-state index contributed by atoms with van der Waals surface area (Å²) in [5, 5.41) is 8.90. The molecule has 0 spiro atoms. The number of hydrogen-bond acceptors (Lipinski definition) is 3. The number of rotatable bonds is 4. The Balaban J connectivity index is 2.02. The standard InChI is InChI=1S/C14H21NO3/c1-14(2)6-5-11(8-13(16)17)9-15(14)10-12-4-3-7-18-12/h3-4,7,11H,5-6,8-10H2,1-2H3,(H,16,17). The molecule has 2 rings (SSSR count). The molecule has 1 unspecified atom stereocenters. The van der Waals surface area contributed by atoms with E-state index in [0.717, 1.165) is 31.7 Å². The van der Waals surface area contributed by atoms with E-state index in [4.69, 9.17) is 9.52 Å². The van der Waals surface area contributed by atoms with Gasteiger partial charge in [-0.25, -0.2) is 0 Å². The third-order valence-corrected chi connectivity index (χ3v) is 3.89. The summed E-state index contributed by atoms with van der Waals surface area (Å²) in [6, 6.07) is 3.86. The molecule has 1 aliphatic heterocycles. The molecule has 4 nitrogen and oxygen atoms in total. The fraction of sp³-hybridized carbons (Fsp3) is 0.643. The minimum atomic E-state index is -0.697. The number of hydrogen-bond donors (Lipinski definition) is 1. The minimum absolute atomic E-state index is 0.113. The second-order valence-corrected chi connectivity index (χ2v) is 5.77. The summed E-state index contributed by atoms with van der Waals surface area (Å²) in [5.41, 5.74) is 0.113. The van der Waals surface area contributed by atoms with Crippen LogP contribution in [-0.4, -0.2) is 28.1 Å². The van der Waals surface area contributed by atoms with E-state index in [1.165, 1.54) is 0 Å². The number of nitrogens with zero attached hydrogens (tertiary/aromatic N) is 1. The zero-order chi connectivity index (χ0) is 13.2. The number of carboxylic acid groups (broad SMARTS) is 1. The summed E-state index contributed by atoms with van der Waals surface area (Å²) in [6.45, 7) is 6.02. The Morgan fingerprint density at radius 2 is 2.39 bits per heavy atom. The van der Waals surface area contributed by atoms with Crippen LogP contribution in [0.2, 0.25) is 0 Å². The van der Waals surface area contributed by atoms with Gasteiger partial charge in [-0.1, -0.05) is 0 Å². The van der Waals surface area contributed by atoms with E-state index in [2.05, 4.69) is 18.7 Å². The van der Waals surface area contributed by atoms with Crippen LogP contribution >= 0.6 is 0 Å². The first-order valence-corrected chi connectivity index (χ1v) is 6.46. The average Bonchev–Trinajstić information content (AvgIpc) is 2.75. The Kier molecular flexibility index (Phi) is 3.76. The van der Waals surface area contributed by atoms with Crippen molar-refractivity contribution in [2.75, 3.05) is 6.54 Å². The van der Waals surface area contributed by atoms with Gasteiger partial charge in [0.25, 0.3) is 0 Å². The van der Waals surface area contributed by atoms with Crippen molar-refractivity contribution in [3.8, 4) is 0 Å². The van der Waals surface area contributed by atoms with Gasteiger partial charge in [0.15, 0.2) is 0 Å². The minimum Gasteiger partial charge on any atom is -0.481 e. The van der Waals surface area contributed by atoms with E-state index >= 15 is 0 Å². The van der Waals surface area contributed by atoms with Crippen LogP contribution in [0.1, 0.15) is 38.9 Å². The van der Waals surface area contributed by atoms with Crippen molar-refractivity contribution in [1.29, 1.82) is 0 Å². The van der Waals surface area contributed by atoms with Crippen molar-refractivity contribution >= 4 is 5.97 Å². The summed E-state index contributed by atoms with van der Waals surface area (Å²) < 4.78 is 5.39. The average molecular weight is 251 g/mol. The van der Waals surface area contributed by atoms with Crippen LogP contribution < -0.4 is 0 Å². The first-order chi connectivity index (χ1) is 8.47. The highest BCUT2D eigenvalue weighted by Crippen LogP contribution is 2.33. The van der Waals surface area contributed by atoms with E-state index in [-0.39, 0.29) is 17.9 Å². The molecule has 0 aromatic carbocycles. The lowest BCUT2D eigenvalue weighted by Gasteiger charge is -2.45. The summed E-state index contributed by atoms with van der Waals surface area (Å²) in [4.78, 5) is 13.2. The largest absolute Gasteiger partial charge is 0.481 e. The molecule has 1 aromatic heterocycles. The Hall–Kier alpha value is -1.29. The number of furan rings is 1. The number of aliphatic carboxylic acids is 1. The van der Waals surface area contributed by atoms with E-state index in [1.54, 1.807) is 6.26 Å². The maximum Gasteiger partial charge on any atom is 0.303 e. The van der Waals surface area contributed by atoms with Crippen molar-refractivity contribution < 1.29 is 14.3 Å². The topological polar surface area (TPSA) is 53.7 Å². The molecule has 1 atom stereocenters. The molecule has 0 bridgehead atoms. The highest BCUT2D eigenvalue weighted by Gasteiger charge is 2.35. The second-order valence-electron chi connectivity index (χ2n) is 5.77. The first kappa shape index (κ1) is 13.1. The van der Waals surface area contributed by atoms with Gasteiger partial charge in [0.2, 0.25) is 0 Å². The van der Waals surface area contributed by atoms with Gasteiger partial charge in [-0.05, 0) is 44.7 Å². The van der Waals surface area contributed by atoms with Gasteiger partial charge in [0.1, 0.15) is 5.76 Å². The predicted molar refractivity (Wildman–Crippen MR) is 68.2 cm³/mol. The van der Waals surface area contributed by atoms with Crippen LogP contribution in [0.3, 0.4) is 0 Å². The van der Waals surface area contributed by atoms with Gasteiger partial charge >= 0.3 is 5.97 Å². The molecule has 1 saturated heterocycles. The quantitative estimate of drug-likeness (QED) is 0.894. The van der Waals surface area contributed by atoms with Crippen molar-refractivity contribution in [2.45, 2.75) is 45.2 Å². The van der Waals surface area contributed by atoms with E-state index < -0.39 is 5.97 Å². The lowest BCUT2D eigenvalue weighted by molar-refractivity contribution is -0.139. The lowest BCUT2D eigenvalue weighted by Crippen LogP contribution is -2.50. The molecule has 2 heterocycles. The molecule has 1 aromatic rings. The molecule has 1 N–H and O–H groups in total. The van der Waals surface area contributed by atoms with Crippen LogP contribution in [0, 0.1) is 5.92 Å². The molecule has 0 radical (unpaired) electrons. The second kappa shape index (κ2) is 5.14. The number of carboxylic acids is 1. The van der Waals surface area contributed by atoms with Gasteiger partial charge in [-0.15, -0.1) is 0 Å². The number of piperidine rings is 1. The lowest BCUT2D eigenvalue weighted by atomic mass is 9.83. The van der Waals surface area contributed by atoms with Crippen molar-refractivity contribution in [1.82, 2.24) is 4.90 Å². The predicted octanol–water partition coefficient (Wildman–Crippen LogP) is 2.74. The highest BCUT2D eigenvalue weighted by atomic mass is 16.4. The monoisotopic (exact) mass is 251 g/mol. The fourth-order valence-corrected chi connectivity index (χ4v) is 2.65. The smallest absolute Gasteiger partial charge is 0.303 e. The SMILES string of the molecule is CC1(C)CCC(CC(=O)O)CN1Cc1ccco1. The molecule has 1 aliphatic rings. The third kappa shape index (κ3) is 3.13.